The summed E-state index contributed by atoms with van der Waals surface area (Å²) in [5.41, 5.74) is 3.68. The maximum atomic E-state index is 12.4. The maximum Gasteiger partial charge on any atom is 0.254 e. The summed E-state index contributed by atoms with van der Waals surface area (Å²) in [6, 6.07) is 6.23. The van der Waals surface area contributed by atoms with Crippen molar-refractivity contribution in [3.63, 3.8) is 0 Å². The van der Waals surface area contributed by atoms with Crippen LogP contribution in [0.25, 0.3) is 0 Å². The van der Waals surface area contributed by atoms with Gasteiger partial charge in [0.05, 0.1) is 6.04 Å². The molecule has 1 aliphatic heterocycles. The molecule has 128 valence electrons. The second-order valence-corrected chi connectivity index (χ2v) is 9.13. The third-order valence-corrected chi connectivity index (χ3v) is 5.36. The quantitative estimate of drug-likeness (QED) is 0.727. The molecule has 2 aliphatic rings. The molecule has 0 unspecified atom stereocenters. The van der Waals surface area contributed by atoms with Gasteiger partial charge in [0.25, 0.3) is 11.8 Å². The molecule has 0 bridgehead atoms. The zero-order valence-corrected chi connectivity index (χ0v) is 15.5. The predicted octanol–water partition coefficient (Wildman–Crippen LogP) is 4.17. The normalized spacial score (nSPS) is 24.0. The molecule has 0 fully saturated rings. The lowest BCUT2D eigenvalue weighted by atomic mass is 9.74. The molecule has 2 atom stereocenters. The Balaban J connectivity index is 2.21. The fourth-order valence-electron chi connectivity index (χ4n) is 4.12. The van der Waals surface area contributed by atoms with E-state index in [1.165, 1.54) is 33.7 Å². The van der Waals surface area contributed by atoms with Crippen molar-refractivity contribution in [1.82, 2.24) is 4.90 Å². The minimum absolute atomic E-state index is 0.00198. The Bertz CT molecular complexity index is 713. The van der Waals surface area contributed by atoms with Gasteiger partial charge in [-0.3, -0.25) is 14.5 Å². The highest BCUT2D eigenvalue weighted by molar-refractivity contribution is 6.13. The van der Waals surface area contributed by atoms with Crippen molar-refractivity contribution in [2.24, 2.45) is 11.3 Å². The zero-order chi connectivity index (χ0) is 17.9. The molecule has 0 N–H and O–H groups in total. The van der Waals surface area contributed by atoms with Gasteiger partial charge in [-0.1, -0.05) is 59.7 Å². The van der Waals surface area contributed by atoms with E-state index in [4.69, 9.17) is 0 Å². The summed E-state index contributed by atoms with van der Waals surface area (Å²) >= 11 is 0. The van der Waals surface area contributed by atoms with E-state index in [1.807, 2.05) is 0 Å². The van der Waals surface area contributed by atoms with Crippen LogP contribution in [0.2, 0.25) is 0 Å². The van der Waals surface area contributed by atoms with E-state index in [0.717, 1.165) is 6.42 Å². The standard InChI is InChI=1S/C21H27NO2/c1-20(2,3)14-9-7-8-13-12-15(21(4,5)6)19(18(13)14)22-16(23)10-11-17(22)24/h7-11,15,19H,12H2,1-6H3/t15-,19+/m1/s1. The van der Waals surface area contributed by atoms with E-state index in [2.05, 4.69) is 59.7 Å². The molecule has 1 aliphatic carbocycles. The summed E-state index contributed by atoms with van der Waals surface area (Å²) in [4.78, 5) is 26.3. The Hall–Kier alpha value is -1.90. The number of carbonyl (C=O) groups excluding carboxylic acids is 2. The van der Waals surface area contributed by atoms with Gasteiger partial charge in [0.1, 0.15) is 0 Å². The number of hydrogen-bond donors (Lipinski definition) is 0. The molecule has 1 aromatic carbocycles. The van der Waals surface area contributed by atoms with Crippen molar-refractivity contribution < 1.29 is 9.59 Å². The number of carbonyl (C=O) groups is 2. The molecule has 3 heteroatoms. The topological polar surface area (TPSA) is 37.4 Å². The molecular formula is C21H27NO2. The second-order valence-electron chi connectivity index (χ2n) is 9.13. The summed E-state index contributed by atoms with van der Waals surface area (Å²) in [7, 11) is 0. The number of imide groups is 1. The Morgan fingerprint density at radius 3 is 2.04 bits per heavy atom. The molecule has 24 heavy (non-hydrogen) atoms. The first-order chi connectivity index (χ1) is 11.0. The van der Waals surface area contributed by atoms with Crippen LogP contribution in [0.3, 0.4) is 0 Å². The van der Waals surface area contributed by atoms with Crippen molar-refractivity contribution in [2.45, 2.75) is 59.4 Å². The lowest BCUT2D eigenvalue weighted by molar-refractivity contribution is -0.141. The number of amides is 2. The summed E-state index contributed by atoms with van der Waals surface area (Å²) < 4.78 is 0. The molecule has 0 saturated carbocycles. The highest BCUT2D eigenvalue weighted by Gasteiger charge is 2.48. The van der Waals surface area contributed by atoms with E-state index in [1.54, 1.807) is 0 Å². The van der Waals surface area contributed by atoms with Crippen molar-refractivity contribution >= 4 is 11.8 Å². The average molecular weight is 325 g/mol. The molecule has 0 spiro atoms. The first kappa shape index (κ1) is 16.9. The van der Waals surface area contributed by atoms with Crippen LogP contribution in [0.15, 0.2) is 30.4 Å². The minimum Gasteiger partial charge on any atom is -0.269 e. The first-order valence-corrected chi connectivity index (χ1v) is 8.69. The van der Waals surface area contributed by atoms with Gasteiger partial charge in [-0.25, -0.2) is 0 Å². The Morgan fingerprint density at radius 1 is 0.958 bits per heavy atom. The van der Waals surface area contributed by atoms with Gasteiger partial charge in [0, 0.05) is 12.2 Å². The lowest BCUT2D eigenvalue weighted by Crippen LogP contribution is -2.41. The van der Waals surface area contributed by atoms with Crippen LogP contribution in [0.5, 0.6) is 0 Å². The molecule has 3 nitrogen and oxygen atoms in total. The van der Waals surface area contributed by atoms with Gasteiger partial charge in [-0.15, -0.1) is 0 Å². The molecular weight excluding hydrogens is 298 g/mol. The van der Waals surface area contributed by atoms with Gasteiger partial charge < -0.3 is 0 Å². The van der Waals surface area contributed by atoms with Gasteiger partial charge in [0.2, 0.25) is 0 Å². The number of benzene rings is 1. The fourth-order valence-corrected chi connectivity index (χ4v) is 4.12. The molecule has 1 heterocycles. The SMILES string of the molecule is CC(C)(C)c1cccc2c1[C@@H](N1C(=O)C=CC1=O)[C@H](C(C)(C)C)C2. The van der Waals surface area contributed by atoms with Crippen LogP contribution in [0.1, 0.15) is 64.3 Å². The minimum atomic E-state index is -0.184. The summed E-state index contributed by atoms with van der Waals surface area (Å²) in [5, 5.41) is 0. The highest BCUT2D eigenvalue weighted by atomic mass is 16.2. The Kier molecular flexibility index (Phi) is 3.74. The molecule has 0 radical (unpaired) electrons. The maximum absolute atomic E-state index is 12.4. The molecule has 1 aromatic rings. The molecule has 2 amide bonds. The Morgan fingerprint density at radius 2 is 1.54 bits per heavy atom. The van der Waals surface area contributed by atoms with Crippen molar-refractivity contribution in [3.8, 4) is 0 Å². The van der Waals surface area contributed by atoms with Gasteiger partial charge in [-0.05, 0) is 39.9 Å². The fraction of sp³-hybridized carbons (Fsp3) is 0.524. The molecule has 0 aromatic heterocycles. The van der Waals surface area contributed by atoms with Gasteiger partial charge in [0.15, 0.2) is 0 Å². The largest absolute Gasteiger partial charge is 0.269 e. The Labute approximate surface area is 144 Å². The van der Waals surface area contributed by atoms with Gasteiger partial charge in [-0.2, -0.15) is 0 Å². The first-order valence-electron chi connectivity index (χ1n) is 8.69. The third kappa shape index (κ3) is 2.60. The van der Waals surface area contributed by atoms with Crippen LogP contribution in [0.4, 0.5) is 0 Å². The van der Waals surface area contributed by atoms with Gasteiger partial charge >= 0.3 is 0 Å². The third-order valence-electron chi connectivity index (χ3n) is 5.36. The van der Waals surface area contributed by atoms with E-state index in [0.29, 0.717) is 0 Å². The number of fused-ring (bicyclic) bond motifs is 1. The average Bonchev–Trinajstić information content (AvgIpc) is 2.97. The lowest BCUT2D eigenvalue weighted by Gasteiger charge is -2.38. The van der Waals surface area contributed by atoms with Crippen LogP contribution < -0.4 is 0 Å². The second kappa shape index (κ2) is 5.30. The summed E-state index contributed by atoms with van der Waals surface area (Å²) in [6.07, 6.45) is 3.71. The van der Waals surface area contributed by atoms with Crippen molar-refractivity contribution in [2.75, 3.05) is 0 Å². The van der Waals surface area contributed by atoms with E-state index >= 15 is 0 Å². The van der Waals surface area contributed by atoms with Crippen molar-refractivity contribution in [1.29, 1.82) is 0 Å². The summed E-state index contributed by atoms with van der Waals surface area (Å²) in [5.74, 6) is -0.143. The zero-order valence-electron chi connectivity index (χ0n) is 15.5. The van der Waals surface area contributed by atoms with E-state index in [-0.39, 0.29) is 34.6 Å². The monoisotopic (exact) mass is 325 g/mol. The van der Waals surface area contributed by atoms with Crippen LogP contribution in [-0.4, -0.2) is 16.7 Å². The van der Waals surface area contributed by atoms with Crippen molar-refractivity contribution in [3.05, 3.63) is 47.0 Å². The van der Waals surface area contributed by atoms with Crippen LogP contribution >= 0.6 is 0 Å². The number of nitrogens with zero attached hydrogens (tertiary/aromatic N) is 1. The smallest absolute Gasteiger partial charge is 0.254 e. The molecule has 3 rings (SSSR count). The molecule has 0 saturated heterocycles. The predicted molar refractivity (Wildman–Crippen MR) is 95.5 cm³/mol. The van der Waals surface area contributed by atoms with E-state index in [9.17, 15) is 9.59 Å². The van der Waals surface area contributed by atoms with E-state index < -0.39 is 0 Å². The highest BCUT2D eigenvalue weighted by Crippen LogP contribution is 2.51. The summed E-state index contributed by atoms with van der Waals surface area (Å²) in [6.45, 7) is 13.2. The van der Waals surface area contributed by atoms with Crippen LogP contribution in [-0.2, 0) is 21.4 Å². The number of hydrogen-bond acceptors (Lipinski definition) is 2. The van der Waals surface area contributed by atoms with Crippen LogP contribution in [0, 0.1) is 11.3 Å². The number of rotatable bonds is 1.